The molecule has 1 heterocycles. The Labute approximate surface area is 97.6 Å². The lowest BCUT2D eigenvalue weighted by atomic mass is 9.74. The van der Waals surface area contributed by atoms with E-state index in [-0.39, 0.29) is 17.4 Å². The molecule has 0 bridgehead atoms. The number of carbonyl (C=O) groups is 1. The maximum absolute atomic E-state index is 12.4. The Morgan fingerprint density at radius 3 is 2.69 bits per heavy atom. The predicted octanol–water partition coefficient (Wildman–Crippen LogP) is 0.326. The van der Waals surface area contributed by atoms with Crippen molar-refractivity contribution >= 4 is 5.91 Å². The smallest absolute Gasteiger partial charge is 0.227 e. The summed E-state index contributed by atoms with van der Waals surface area (Å²) in [6, 6.07) is 0. The van der Waals surface area contributed by atoms with Crippen molar-refractivity contribution in [3.8, 4) is 0 Å². The summed E-state index contributed by atoms with van der Waals surface area (Å²) in [5, 5.41) is 3.27. The minimum Gasteiger partial charge on any atom is -0.340 e. The molecule has 2 aliphatic rings. The van der Waals surface area contributed by atoms with Gasteiger partial charge in [-0.3, -0.25) is 4.79 Å². The zero-order valence-corrected chi connectivity index (χ0v) is 10.2. The van der Waals surface area contributed by atoms with Gasteiger partial charge < -0.3 is 16.0 Å². The van der Waals surface area contributed by atoms with E-state index in [4.69, 9.17) is 5.73 Å². The second-order valence-corrected chi connectivity index (χ2v) is 5.38. The third-order valence-corrected chi connectivity index (χ3v) is 3.98. The molecule has 2 rings (SSSR count). The van der Waals surface area contributed by atoms with Gasteiger partial charge in [-0.25, -0.2) is 0 Å². The van der Waals surface area contributed by atoms with Crippen molar-refractivity contribution in [2.75, 3.05) is 26.2 Å². The fraction of sp³-hybridized carbons (Fsp3) is 0.917. The molecule has 2 unspecified atom stereocenters. The standard InChI is InChI=1S/C12H23N3O/c1-12(13)5-3-2-4-10(12)11(16)15-8-6-14-7-9-15/h10,14H,2-9,13H2,1H3. The van der Waals surface area contributed by atoms with E-state index in [1.54, 1.807) is 0 Å². The SMILES string of the molecule is CC1(N)CCCCC1C(=O)N1CCNCC1. The highest BCUT2D eigenvalue weighted by Gasteiger charge is 2.39. The highest BCUT2D eigenvalue weighted by molar-refractivity contribution is 5.80. The molecule has 92 valence electrons. The van der Waals surface area contributed by atoms with Crippen LogP contribution in [0.15, 0.2) is 0 Å². The van der Waals surface area contributed by atoms with Crippen molar-refractivity contribution in [3.05, 3.63) is 0 Å². The first kappa shape index (κ1) is 11.9. The van der Waals surface area contributed by atoms with Gasteiger partial charge in [0.05, 0.1) is 5.92 Å². The highest BCUT2D eigenvalue weighted by Crippen LogP contribution is 2.32. The Balaban J connectivity index is 2.01. The van der Waals surface area contributed by atoms with Crippen molar-refractivity contribution in [2.45, 2.75) is 38.1 Å². The van der Waals surface area contributed by atoms with Crippen LogP contribution in [0, 0.1) is 5.92 Å². The van der Waals surface area contributed by atoms with Crippen molar-refractivity contribution < 1.29 is 4.79 Å². The molecule has 3 N–H and O–H groups in total. The van der Waals surface area contributed by atoms with Crippen molar-refractivity contribution in [2.24, 2.45) is 11.7 Å². The van der Waals surface area contributed by atoms with Crippen LogP contribution in [0.2, 0.25) is 0 Å². The van der Waals surface area contributed by atoms with E-state index >= 15 is 0 Å². The van der Waals surface area contributed by atoms with Gasteiger partial charge in [-0.1, -0.05) is 12.8 Å². The van der Waals surface area contributed by atoms with Gasteiger partial charge in [0, 0.05) is 31.7 Å². The van der Waals surface area contributed by atoms with Crippen LogP contribution in [-0.4, -0.2) is 42.5 Å². The second kappa shape index (κ2) is 4.72. The molecular formula is C12H23N3O. The quantitative estimate of drug-likeness (QED) is 0.676. The van der Waals surface area contributed by atoms with Gasteiger partial charge in [0.2, 0.25) is 5.91 Å². The summed E-state index contributed by atoms with van der Waals surface area (Å²) in [5.41, 5.74) is 5.98. The second-order valence-electron chi connectivity index (χ2n) is 5.38. The molecule has 4 nitrogen and oxygen atoms in total. The number of nitrogens with two attached hydrogens (primary N) is 1. The summed E-state index contributed by atoms with van der Waals surface area (Å²) in [6.45, 7) is 5.55. The number of carbonyl (C=O) groups excluding carboxylic acids is 1. The van der Waals surface area contributed by atoms with Gasteiger partial charge in [0.15, 0.2) is 0 Å². The maximum atomic E-state index is 12.4. The summed E-state index contributed by atoms with van der Waals surface area (Å²) in [6.07, 6.45) is 4.26. The van der Waals surface area contributed by atoms with Gasteiger partial charge in [0.1, 0.15) is 0 Å². The summed E-state index contributed by atoms with van der Waals surface area (Å²) >= 11 is 0. The lowest BCUT2D eigenvalue weighted by Crippen LogP contribution is -2.56. The van der Waals surface area contributed by atoms with E-state index in [1.165, 1.54) is 6.42 Å². The van der Waals surface area contributed by atoms with Gasteiger partial charge in [-0.15, -0.1) is 0 Å². The number of nitrogens with one attached hydrogen (secondary N) is 1. The van der Waals surface area contributed by atoms with E-state index in [2.05, 4.69) is 5.32 Å². The van der Waals surface area contributed by atoms with Gasteiger partial charge in [0.25, 0.3) is 0 Å². The van der Waals surface area contributed by atoms with E-state index in [1.807, 2.05) is 11.8 Å². The summed E-state index contributed by atoms with van der Waals surface area (Å²) in [4.78, 5) is 14.4. The third kappa shape index (κ3) is 2.38. The maximum Gasteiger partial charge on any atom is 0.227 e. The minimum atomic E-state index is -0.291. The van der Waals surface area contributed by atoms with Gasteiger partial charge in [-0.05, 0) is 19.8 Å². The topological polar surface area (TPSA) is 58.4 Å². The van der Waals surface area contributed by atoms with Crippen LogP contribution in [0.4, 0.5) is 0 Å². The van der Waals surface area contributed by atoms with E-state index in [9.17, 15) is 4.79 Å². The summed E-state index contributed by atoms with van der Waals surface area (Å²) in [5.74, 6) is 0.325. The lowest BCUT2D eigenvalue weighted by molar-refractivity contribution is -0.139. The number of amides is 1. The normalized spacial score (nSPS) is 36.1. The van der Waals surface area contributed by atoms with Crippen LogP contribution in [-0.2, 0) is 4.79 Å². The molecule has 2 fully saturated rings. The Kier molecular flexibility index (Phi) is 3.50. The first-order valence-corrected chi connectivity index (χ1v) is 6.40. The van der Waals surface area contributed by atoms with E-state index in [0.717, 1.165) is 45.4 Å². The van der Waals surface area contributed by atoms with E-state index in [0.29, 0.717) is 0 Å². The average molecular weight is 225 g/mol. The Morgan fingerprint density at radius 2 is 2.06 bits per heavy atom. The molecule has 16 heavy (non-hydrogen) atoms. The minimum absolute atomic E-state index is 0.0411. The monoisotopic (exact) mass is 225 g/mol. The van der Waals surface area contributed by atoms with E-state index < -0.39 is 0 Å². The molecule has 1 amide bonds. The predicted molar refractivity (Wildman–Crippen MR) is 64.0 cm³/mol. The molecule has 0 aromatic heterocycles. The molecule has 1 saturated heterocycles. The van der Waals surface area contributed by atoms with Crippen LogP contribution in [0.1, 0.15) is 32.6 Å². The number of piperazine rings is 1. The van der Waals surface area contributed by atoms with Crippen molar-refractivity contribution in [1.29, 1.82) is 0 Å². The number of nitrogens with zero attached hydrogens (tertiary/aromatic N) is 1. The van der Waals surface area contributed by atoms with Crippen molar-refractivity contribution in [3.63, 3.8) is 0 Å². The number of rotatable bonds is 1. The van der Waals surface area contributed by atoms with Gasteiger partial charge >= 0.3 is 0 Å². The molecule has 0 radical (unpaired) electrons. The first-order valence-electron chi connectivity index (χ1n) is 6.40. The third-order valence-electron chi connectivity index (χ3n) is 3.98. The van der Waals surface area contributed by atoms with Crippen LogP contribution in [0.3, 0.4) is 0 Å². The van der Waals surface area contributed by atoms with Crippen LogP contribution in [0.25, 0.3) is 0 Å². The average Bonchev–Trinajstić information content (AvgIpc) is 2.29. The van der Waals surface area contributed by atoms with Crippen molar-refractivity contribution in [1.82, 2.24) is 10.2 Å². The van der Waals surface area contributed by atoms with Gasteiger partial charge in [-0.2, -0.15) is 0 Å². The Morgan fingerprint density at radius 1 is 1.38 bits per heavy atom. The molecule has 4 heteroatoms. The van der Waals surface area contributed by atoms with Crippen LogP contribution in [0.5, 0.6) is 0 Å². The zero-order valence-electron chi connectivity index (χ0n) is 10.2. The molecule has 1 aliphatic heterocycles. The number of hydrogen-bond donors (Lipinski definition) is 2. The molecule has 0 aromatic carbocycles. The molecule has 1 saturated carbocycles. The van der Waals surface area contributed by atoms with Crippen LogP contribution >= 0.6 is 0 Å². The number of hydrogen-bond acceptors (Lipinski definition) is 3. The lowest BCUT2D eigenvalue weighted by Gasteiger charge is -2.41. The molecule has 2 atom stereocenters. The highest BCUT2D eigenvalue weighted by atomic mass is 16.2. The fourth-order valence-electron chi connectivity index (χ4n) is 2.87. The molecule has 0 aromatic rings. The molecule has 1 aliphatic carbocycles. The van der Waals surface area contributed by atoms with Crippen LogP contribution < -0.4 is 11.1 Å². The Hall–Kier alpha value is -0.610. The largest absolute Gasteiger partial charge is 0.340 e. The fourth-order valence-corrected chi connectivity index (χ4v) is 2.87. The molecular weight excluding hydrogens is 202 g/mol. The zero-order chi connectivity index (χ0) is 11.6. The summed E-state index contributed by atoms with van der Waals surface area (Å²) in [7, 11) is 0. The summed E-state index contributed by atoms with van der Waals surface area (Å²) < 4.78 is 0. The first-order chi connectivity index (χ1) is 7.61. The Bertz CT molecular complexity index is 259. The molecule has 0 spiro atoms.